The first-order valence-electron chi connectivity index (χ1n) is 6.99. The van der Waals surface area contributed by atoms with Crippen molar-refractivity contribution >= 4 is 12.0 Å². The lowest BCUT2D eigenvalue weighted by molar-refractivity contribution is 0.835. The third-order valence-corrected chi connectivity index (χ3v) is 3.43. The van der Waals surface area contributed by atoms with Gasteiger partial charge in [-0.3, -0.25) is 9.89 Å². The minimum Gasteiger partial charge on any atom is -0.295 e. The minimum absolute atomic E-state index is 0.124. The molecule has 0 spiro atoms. The SMILES string of the molecule is Cc1cccnc1/N=C/c1c(C)[nH]n(-c2ccccc2)c1=O. The number of pyridine rings is 1. The van der Waals surface area contributed by atoms with Crippen LogP contribution in [0, 0.1) is 13.8 Å². The number of hydrogen-bond acceptors (Lipinski definition) is 3. The van der Waals surface area contributed by atoms with Crippen LogP contribution in [0.5, 0.6) is 0 Å². The van der Waals surface area contributed by atoms with E-state index in [1.54, 1.807) is 12.4 Å². The number of nitrogens with zero attached hydrogens (tertiary/aromatic N) is 3. The third-order valence-electron chi connectivity index (χ3n) is 3.43. The summed E-state index contributed by atoms with van der Waals surface area (Å²) in [5.41, 5.74) is 2.95. The topological polar surface area (TPSA) is 63.0 Å². The summed E-state index contributed by atoms with van der Waals surface area (Å²) in [6.07, 6.45) is 3.26. The van der Waals surface area contributed by atoms with Gasteiger partial charge >= 0.3 is 0 Å². The molecule has 0 aliphatic heterocycles. The van der Waals surface area contributed by atoms with E-state index in [1.165, 1.54) is 4.68 Å². The van der Waals surface area contributed by atoms with Crippen molar-refractivity contribution in [3.8, 4) is 5.69 Å². The van der Waals surface area contributed by atoms with Gasteiger partial charge in [-0.25, -0.2) is 14.7 Å². The Morgan fingerprint density at radius 2 is 1.91 bits per heavy atom. The first-order chi connectivity index (χ1) is 10.7. The monoisotopic (exact) mass is 292 g/mol. The molecule has 0 radical (unpaired) electrons. The molecule has 0 unspecified atom stereocenters. The molecule has 5 heteroatoms. The zero-order valence-corrected chi connectivity index (χ0v) is 12.4. The molecule has 5 nitrogen and oxygen atoms in total. The number of benzene rings is 1. The van der Waals surface area contributed by atoms with Crippen molar-refractivity contribution in [3.63, 3.8) is 0 Å². The van der Waals surface area contributed by atoms with E-state index in [0.29, 0.717) is 11.4 Å². The maximum Gasteiger partial charge on any atom is 0.280 e. The second-order valence-electron chi connectivity index (χ2n) is 5.03. The molecule has 0 saturated carbocycles. The molecule has 2 heterocycles. The number of hydrogen-bond donors (Lipinski definition) is 1. The van der Waals surface area contributed by atoms with Gasteiger partial charge in [0.2, 0.25) is 0 Å². The number of aliphatic imine (C=N–C) groups is 1. The molecule has 0 aliphatic rings. The maximum atomic E-state index is 12.5. The van der Waals surface area contributed by atoms with Crippen molar-refractivity contribution in [3.05, 3.63) is 75.8 Å². The van der Waals surface area contributed by atoms with Crippen LogP contribution in [0.15, 0.2) is 58.4 Å². The van der Waals surface area contributed by atoms with Crippen LogP contribution in [-0.4, -0.2) is 21.0 Å². The Balaban J connectivity index is 2.01. The van der Waals surface area contributed by atoms with E-state index in [-0.39, 0.29) is 5.56 Å². The Hall–Kier alpha value is -2.95. The molecule has 0 atom stereocenters. The molecule has 0 amide bonds. The van der Waals surface area contributed by atoms with E-state index in [9.17, 15) is 4.79 Å². The van der Waals surface area contributed by atoms with Crippen LogP contribution in [0.1, 0.15) is 16.8 Å². The summed E-state index contributed by atoms with van der Waals surface area (Å²) in [5, 5.41) is 3.07. The summed E-state index contributed by atoms with van der Waals surface area (Å²) in [6.45, 7) is 3.79. The molecule has 3 aromatic rings. The van der Waals surface area contributed by atoms with Gasteiger partial charge in [-0.15, -0.1) is 0 Å². The summed E-state index contributed by atoms with van der Waals surface area (Å²) in [5.74, 6) is 0.619. The largest absolute Gasteiger partial charge is 0.295 e. The zero-order valence-electron chi connectivity index (χ0n) is 12.4. The average Bonchev–Trinajstić information content (AvgIpc) is 2.82. The first kappa shape index (κ1) is 14.0. The Bertz CT molecular complexity index is 875. The Labute approximate surface area is 128 Å². The number of rotatable bonds is 3. The first-order valence-corrected chi connectivity index (χ1v) is 6.99. The fourth-order valence-corrected chi connectivity index (χ4v) is 2.21. The zero-order chi connectivity index (χ0) is 15.5. The van der Waals surface area contributed by atoms with Gasteiger partial charge in [0.25, 0.3) is 5.56 Å². The fourth-order valence-electron chi connectivity index (χ4n) is 2.21. The van der Waals surface area contributed by atoms with Crippen LogP contribution in [-0.2, 0) is 0 Å². The smallest absolute Gasteiger partial charge is 0.280 e. The Morgan fingerprint density at radius 3 is 2.64 bits per heavy atom. The highest BCUT2D eigenvalue weighted by Gasteiger charge is 2.10. The van der Waals surface area contributed by atoms with Gasteiger partial charge in [-0.05, 0) is 37.6 Å². The molecule has 110 valence electrons. The number of nitrogens with one attached hydrogen (secondary N) is 1. The lowest BCUT2D eigenvalue weighted by Gasteiger charge is -1.99. The van der Waals surface area contributed by atoms with E-state index in [2.05, 4.69) is 15.1 Å². The van der Waals surface area contributed by atoms with Crippen molar-refractivity contribution in [2.24, 2.45) is 4.99 Å². The van der Waals surface area contributed by atoms with E-state index in [4.69, 9.17) is 0 Å². The molecule has 0 bridgehead atoms. The summed E-state index contributed by atoms with van der Waals surface area (Å²) < 4.78 is 1.52. The second kappa shape index (κ2) is 5.81. The van der Waals surface area contributed by atoms with Gasteiger partial charge in [-0.1, -0.05) is 24.3 Å². The van der Waals surface area contributed by atoms with E-state index < -0.39 is 0 Å². The summed E-state index contributed by atoms with van der Waals surface area (Å²) in [7, 11) is 0. The highest BCUT2D eigenvalue weighted by Crippen LogP contribution is 2.13. The van der Waals surface area contributed by atoms with Gasteiger partial charge in [0.1, 0.15) is 0 Å². The van der Waals surface area contributed by atoms with Crippen molar-refractivity contribution in [2.45, 2.75) is 13.8 Å². The molecule has 0 fully saturated rings. The van der Waals surface area contributed by atoms with Gasteiger partial charge < -0.3 is 0 Å². The lowest BCUT2D eigenvalue weighted by atomic mass is 10.2. The van der Waals surface area contributed by atoms with Gasteiger partial charge in [0.05, 0.1) is 11.3 Å². The normalized spacial score (nSPS) is 11.2. The molecular formula is C17H16N4O. The van der Waals surface area contributed by atoms with Crippen LogP contribution >= 0.6 is 0 Å². The summed E-state index contributed by atoms with van der Waals surface area (Å²) in [6, 6.07) is 13.2. The Morgan fingerprint density at radius 1 is 1.14 bits per heavy atom. The number of aromatic amines is 1. The number of H-pyrrole nitrogens is 1. The third kappa shape index (κ3) is 2.61. The minimum atomic E-state index is -0.124. The predicted octanol–water partition coefficient (Wildman–Crippen LogP) is 2.93. The molecule has 3 rings (SSSR count). The molecule has 1 aromatic carbocycles. The number of para-hydroxylation sites is 1. The van der Waals surface area contributed by atoms with Crippen LogP contribution in [0.4, 0.5) is 5.82 Å². The van der Waals surface area contributed by atoms with Crippen molar-refractivity contribution < 1.29 is 0 Å². The van der Waals surface area contributed by atoms with Crippen molar-refractivity contribution in [2.75, 3.05) is 0 Å². The molecule has 0 saturated heterocycles. The fraction of sp³-hybridized carbons (Fsp3) is 0.118. The highest BCUT2D eigenvalue weighted by molar-refractivity contribution is 5.82. The average molecular weight is 292 g/mol. The second-order valence-corrected chi connectivity index (χ2v) is 5.03. The molecule has 22 heavy (non-hydrogen) atoms. The summed E-state index contributed by atoms with van der Waals surface area (Å²) >= 11 is 0. The van der Waals surface area contributed by atoms with Crippen LogP contribution < -0.4 is 5.56 Å². The van der Waals surface area contributed by atoms with Crippen molar-refractivity contribution in [1.29, 1.82) is 0 Å². The van der Waals surface area contributed by atoms with Crippen LogP contribution in [0.25, 0.3) is 5.69 Å². The van der Waals surface area contributed by atoms with Gasteiger partial charge in [0, 0.05) is 18.1 Å². The summed E-state index contributed by atoms with van der Waals surface area (Å²) in [4.78, 5) is 21.1. The quantitative estimate of drug-likeness (QED) is 0.754. The number of aromatic nitrogens is 3. The highest BCUT2D eigenvalue weighted by atomic mass is 16.1. The van der Waals surface area contributed by atoms with Crippen LogP contribution in [0.3, 0.4) is 0 Å². The van der Waals surface area contributed by atoms with E-state index in [0.717, 1.165) is 16.9 Å². The molecule has 2 aromatic heterocycles. The molecule has 0 aliphatic carbocycles. The standard InChI is InChI=1S/C17H16N4O/c1-12-7-6-10-18-16(12)19-11-15-13(2)20-21(17(15)22)14-8-4-3-5-9-14/h3-11,20H,1-2H3/b19-11+. The van der Waals surface area contributed by atoms with Gasteiger partial charge in [-0.2, -0.15) is 0 Å². The maximum absolute atomic E-state index is 12.5. The van der Waals surface area contributed by atoms with Crippen molar-refractivity contribution in [1.82, 2.24) is 14.8 Å². The van der Waals surface area contributed by atoms with E-state index >= 15 is 0 Å². The number of aryl methyl sites for hydroxylation is 2. The molecule has 1 N–H and O–H groups in total. The van der Waals surface area contributed by atoms with Gasteiger partial charge in [0.15, 0.2) is 5.82 Å². The van der Waals surface area contributed by atoms with E-state index in [1.807, 2.05) is 56.3 Å². The molecular weight excluding hydrogens is 276 g/mol. The lowest BCUT2D eigenvalue weighted by Crippen LogP contribution is -2.17. The predicted molar refractivity (Wildman–Crippen MR) is 87.4 cm³/mol. The van der Waals surface area contributed by atoms with Crippen LogP contribution in [0.2, 0.25) is 0 Å². The Kier molecular flexibility index (Phi) is 3.70.